The monoisotopic (exact) mass is 351 g/mol. The van der Waals surface area contributed by atoms with Crippen molar-refractivity contribution in [2.24, 2.45) is 0 Å². The lowest BCUT2D eigenvalue weighted by Crippen LogP contribution is -3.00. The maximum atomic E-state index is 9.02. The maximum absolute atomic E-state index is 9.02. The van der Waals surface area contributed by atoms with Crippen LogP contribution in [0.2, 0.25) is 0 Å². The number of aliphatic hydroxyl groups excluding tert-OH is 1. The average molecular weight is 352 g/mol. The molecular formula is C17H38BrNO. The lowest BCUT2D eigenvalue weighted by Gasteiger charge is -2.39. The van der Waals surface area contributed by atoms with E-state index in [0.29, 0.717) is 6.61 Å². The molecule has 0 spiro atoms. The van der Waals surface area contributed by atoms with E-state index >= 15 is 0 Å². The Morgan fingerprint density at radius 3 is 1.40 bits per heavy atom. The minimum Gasteiger partial charge on any atom is -1.00 e. The van der Waals surface area contributed by atoms with Gasteiger partial charge < -0.3 is 26.6 Å². The van der Waals surface area contributed by atoms with Crippen LogP contribution in [0, 0.1) is 0 Å². The molecule has 0 rings (SSSR count). The van der Waals surface area contributed by atoms with Gasteiger partial charge in [-0.2, -0.15) is 0 Å². The SMILES string of the molecule is CCCCC[N+](CCCC)(CCCC)CCCCO.[Br-]. The molecule has 0 unspecified atom stereocenters. The number of quaternary nitrogens is 1. The Morgan fingerprint density at radius 2 is 1.00 bits per heavy atom. The van der Waals surface area contributed by atoms with Crippen molar-refractivity contribution in [3.63, 3.8) is 0 Å². The molecule has 0 aliphatic rings. The van der Waals surface area contributed by atoms with E-state index in [-0.39, 0.29) is 17.0 Å². The fourth-order valence-corrected chi connectivity index (χ4v) is 2.91. The first-order valence-corrected chi connectivity index (χ1v) is 8.70. The first-order valence-electron chi connectivity index (χ1n) is 8.70. The van der Waals surface area contributed by atoms with Gasteiger partial charge in [-0.3, -0.25) is 0 Å². The molecule has 0 aromatic carbocycles. The third-order valence-corrected chi connectivity index (χ3v) is 4.25. The molecule has 1 N–H and O–H groups in total. The van der Waals surface area contributed by atoms with E-state index in [1.165, 1.54) is 82.0 Å². The predicted molar refractivity (Wildman–Crippen MR) is 85.4 cm³/mol. The van der Waals surface area contributed by atoms with Crippen molar-refractivity contribution in [3.8, 4) is 0 Å². The molecule has 124 valence electrons. The zero-order valence-electron chi connectivity index (χ0n) is 14.2. The molecule has 3 heteroatoms. The van der Waals surface area contributed by atoms with Crippen LogP contribution in [-0.2, 0) is 0 Å². The summed E-state index contributed by atoms with van der Waals surface area (Å²) >= 11 is 0. The van der Waals surface area contributed by atoms with Gasteiger partial charge in [0.2, 0.25) is 0 Å². The van der Waals surface area contributed by atoms with Crippen LogP contribution in [0.4, 0.5) is 0 Å². The highest BCUT2D eigenvalue weighted by molar-refractivity contribution is 4.50. The second kappa shape index (κ2) is 15.8. The average Bonchev–Trinajstić information content (AvgIpc) is 2.43. The molecule has 0 bridgehead atoms. The molecule has 0 aliphatic heterocycles. The Kier molecular flexibility index (Phi) is 17.9. The van der Waals surface area contributed by atoms with Crippen LogP contribution < -0.4 is 17.0 Å². The summed E-state index contributed by atoms with van der Waals surface area (Å²) in [4.78, 5) is 0. The normalized spacial score (nSPS) is 11.4. The minimum absolute atomic E-state index is 0. The molecule has 0 aromatic heterocycles. The summed E-state index contributed by atoms with van der Waals surface area (Å²) in [6.07, 6.45) is 11.6. The van der Waals surface area contributed by atoms with Gasteiger partial charge in [-0.05, 0) is 38.5 Å². The fourth-order valence-electron chi connectivity index (χ4n) is 2.91. The van der Waals surface area contributed by atoms with Crippen molar-refractivity contribution in [2.45, 2.75) is 78.6 Å². The van der Waals surface area contributed by atoms with Gasteiger partial charge in [-0.15, -0.1) is 0 Å². The van der Waals surface area contributed by atoms with E-state index in [1.54, 1.807) is 0 Å². The highest BCUT2D eigenvalue weighted by Crippen LogP contribution is 2.17. The lowest BCUT2D eigenvalue weighted by atomic mass is 10.1. The van der Waals surface area contributed by atoms with Crippen LogP contribution >= 0.6 is 0 Å². The zero-order chi connectivity index (χ0) is 14.4. The third kappa shape index (κ3) is 11.1. The summed E-state index contributed by atoms with van der Waals surface area (Å²) in [5.74, 6) is 0. The van der Waals surface area contributed by atoms with Crippen molar-refractivity contribution in [1.29, 1.82) is 0 Å². The molecule has 0 radical (unpaired) electrons. The Morgan fingerprint density at radius 1 is 0.600 bits per heavy atom. The Balaban J connectivity index is 0. The van der Waals surface area contributed by atoms with Gasteiger partial charge >= 0.3 is 0 Å². The van der Waals surface area contributed by atoms with Crippen LogP contribution in [0.1, 0.15) is 78.6 Å². The van der Waals surface area contributed by atoms with Crippen molar-refractivity contribution < 1.29 is 26.6 Å². The molecule has 0 saturated carbocycles. The smallest absolute Gasteiger partial charge is 0.0787 e. The largest absolute Gasteiger partial charge is 1.00 e. The summed E-state index contributed by atoms with van der Waals surface area (Å²) in [6.45, 7) is 12.6. The van der Waals surface area contributed by atoms with Crippen LogP contribution in [0.25, 0.3) is 0 Å². The van der Waals surface area contributed by atoms with Gasteiger partial charge in [0.05, 0.1) is 26.2 Å². The summed E-state index contributed by atoms with van der Waals surface area (Å²) in [5.41, 5.74) is 0. The number of aliphatic hydroxyl groups is 1. The van der Waals surface area contributed by atoms with Crippen molar-refractivity contribution >= 4 is 0 Å². The van der Waals surface area contributed by atoms with E-state index in [0.717, 1.165) is 6.42 Å². The molecular weight excluding hydrogens is 314 g/mol. The minimum atomic E-state index is 0. The molecule has 0 heterocycles. The van der Waals surface area contributed by atoms with Crippen molar-refractivity contribution in [1.82, 2.24) is 0 Å². The topological polar surface area (TPSA) is 20.2 Å². The first kappa shape index (κ1) is 22.7. The summed E-state index contributed by atoms with van der Waals surface area (Å²) in [7, 11) is 0. The van der Waals surface area contributed by atoms with Gasteiger partial charge in [-0.25, -0.2) is 0 Å². The lowest BCUT2D eigenvalue weighted by molar-refractivity contribution is -0.929. The third-order valence-electron chi connectivity index (χ3n) is 4.25. The molecule has 0 aliphatic carbocycles. The summed E-state index contributed by atoms with van der Waals surface area (Å²) < 4.78 is 1.32. The zero-order valence-corrected chi connectivity index (χ0v) is 15.8. The molecule has 0 fully saturated rings. The Hall–Kier alpha value is 0.400. The van der Waals surface area contributed by atoms with Crippen molar-refractivity contribution in [3.05, 3.63) is 0 Å². The molecule has 0 saturated heterocycles. The second-order valence-corrected chi connectivity index (χ2v) is 6.08. The number of halogens is 1. The van der Waals surface area contributed by atoms with E-state index < -0.39 is 0 Å². The van der Waals surface area contributed by atoms with Gasteiger partial charge in [-0.1, -0.05) is 40.0 Å². The highest BCUT2D eigenvalue weighted by Gasteiger charge is 2.25. The molecule has 20 heavy (non-hydrogen) atoms. The quantitative estimate of drug-likeness (QED) is 0.370. The van der Waals surface area contributed by atoms with E-state index in [2.05, 4.69) is 20.8 Å². The molecule has 0 aromatic rings. The van der Waals surface area contributed by atoms with E-state index in [9.17, 15) is 0 Å². The second-order valence-electron chi connectivity index (χ2n) is 6.08. The van der Waals surface area contributed by atoms with Crippen LogP contribution in [0.15, 0.2) is 0 Å². The van der Waals surface area contributed by atoms with Gasteiger partial charge in [0.15, 0.2) is 0 Å². The molecule has 0 atom stereocenters. The predicted octanol–water partition coefficient (Wildman–Crippen LogP) is 1.37. The molecule has 0 amide bonds. The van der Waals surface area contributed by atoms with Gasteiger partial charge in [0.25, 0.3) is 0 Å². The van der Waals surface area contributed by atoms with Gasteiger partial charge in [0.1, 0.15) is 0 Å². The number of hydrogen-bond donors (Lipinski definition) is 1. The molecule has 2 nitrogen and oxygen atoms in total. The van der Waals surface area contributed by atoms with Crippen LogP contribution in [0.3, 0.4) is 0 Å². The number of unbranched alkanes of at least 4 members (excludes halogenated alkanes) is 5. The van der Waals surface area contributed by atoms with Crippen molar-refractivity contribution in [2.75, 3.05) is 32.8 Å². The number of rotatable bonds is 14. The Labute approximate surface area is 138 Å². The van der Waals surface area contributed by atoms with E-state index in [1.807, 2.05) is 0 Å². The van der Waals surface area contributed by atoms with E-state index in [4.69, 9.17) is 5.11 Å². The Bertz CT molecular complexity index is 168. The summed E-state index contributed by atoms with van der Waals surface area (Å²) in [6, 6.07) is 0. The van der Waals surface area contributed by atoms with Crippen LogP contribution in [0.5, 0.6) is 0 Å². The standard InChI is InChI=1S/C17H38NO.BrH/c1-4-7-10-15-18(13-8-5-2,14-9-6-3)16-11-12-17-19;/h19H,4-17H2,1-3H3;1H/q+1;/p-1. The summed E-state index contributed by atoms with van der Waals surface area (Å²) in [5, 5.41) is 9.02. The maximum Gasteiger partial charge on any atom is 0.0787 e. The van der Waals surface area contributed by atoms with Gasteiger partial charge in [0, 0.05) is 6.61 Å². The first-order chi connectivity index (χ1) is 9.24. The van der Waals surface area contributed by atoms with Crippen LogP contribution in [-0.4, -0.2) is 42.4 Å². The number of hydrogen-bond acceptors (Lipinski definition) is 1. The fraction of sp³-hybridized carbons (Fsp3) is 1.00. The number of nitrogens with zero attached hydrogens (tertiary/aromatic N) is 1. The highest BCUT2D eigenvalue weighted by atomic mass is 79.9.